The summed E-state index contributed by atoms with van der Waals surface area (Å²) >= 11 is 1.25. The second kappa shape index (κ2) is 11.0. The van der Waals surface area contributed by atoms with E-state index in [1.807, 2.05) is 31.2 Å². The van der Waals surface area contributed by atoms with Gasteiger partial charge in [0, 0.05) is 6.42 Å². The van der Waals surface area contributed by atoms with Gasteiger partial charge in [-0.05, 0) is 31.9 Å². The summed E-state index contributed by atoms with van der Waals surface area (Å²) < 4.78 is 9.96. The number of carbonyl (C=O) groups is 3. The van der Waals surface area contributed by atoms with E-state index >= 15 is 0 Å². The van der Waals surface area contributed by atoms with Crippen molar-refractivity contribution in [2.45, 2.75) is 51.1 Å². The first-order valence-corrected chi connectivity index (χ1v) is 10.8. The van der Waals surface area contributed by atoms with Gasteiger partial charge < -0.3 is 14.5 Å². The molecular formula is C21H28N2O5S. The van der Waals surface area contributed by atoms with Gasteiger partial charge in [0.2, 0.25) is 0 Å². The van der Waals surface area contributed by atoms with Crippen LogP contribution >= 0.6 is 11.8 Å². The van der Waals surface area contributed by atoms with Crippen molar-refractivity contribution in [1.29, 1.82) is 0 Å². The number of thioether (sulfide) groups is 1. The van der Waals surface area contributed by atoms with Crippen LogP contribution in [0.25, 0.3) is 11.0 Å². The highest BCUT2D eigenvalue weighted by Gasteiger charge is 2.46. The third-order valence-electron chi connectivity index (χ3n) is 4.85. The van der Waals surface area contributed by atoms with E-state index in [9.17, 15) is 14.4 Å². The zero-order valence-electron chi connectivity index (χ0n) is 17.2. The number of hydrogen-bond donors (Lipinski definition) is 1. The number of carbonyl (C=O) groups excluding carboxylic acids is 3. The summed E-state index contributed by atoms with van der Waals surface area (Å²) in [6.07, 6.45) is 1.92. The summed E-state index contributed by atoms with van der Waals surface area (Å²) in [5.41, 5.74) is 0.353. The molecule has 7 nitrogen and oxygen atoms in total. The predicted octanol–water partition coefficient (Wildman–Crippen LogP) is 3.92. The van der Waals surface area contributed by atoms with Gasteiger partial charge >= 0.3 is 11.9 Å². The minimum atomic E-state index is -1.35. The molecule has 1 N–H and O–H groups in total. The molecule has 8 heteroatoms. The molecule has 0 aliphatic rings. The number of benzene rings is 1. The van der Waals surface area contributed by atoms with Gasteiger partial charge in [0.15, 0.2) is 10.9 Å². The number of hydrogen-bond acceptors (Lipinski definition) is 7. The minimum absolute atomic E-state index is 0.0138. The van der Waals surface area contributed by atoms with Gasteiger partial charge in [-0.1, -0.05) is 43.7 Å². The van der Waals surface area contributed by atoms with Crippen molar-refractivity contribution < 1.29 is 23.9 Å². The van der Waals surface area contributed by atoms with Gasteiger partial charge in [0.1, 0.15) is 5.41 Å². The number of fused-ring (bicyclic) bond motifs is 1. The van der Waals surface area contributed by atoms with Crippen LogP contribution in [-0.4, -0.2) is 47.2 Å². The summed E-state index contributed by atoms with van der Waals surface area (Å²) in [6, 6.07) is 7.60. The van der Waals surface area contributed by atoms with E-state index in [1.165, 1.54) is 18.9 Å². The van der Waals surface area contributed by atoms with E-state index in [-0.39, 0.29) is 31.0 Å². The fourth-order valence-corrected chi connectivity index (χ4v) is 4.05. The molecule has 1 aromatic carbocycles. The molecule has 0 radical (unpaired) electrons. The third kappa shape index (κ3) is 5.82. The smallest absolute Gasteiger partial charge is 0.319 e. The number of nitrogens with zero attached hydrogens (tertiary/aromatic N) is 1. The number of ether oxygens (including phenoxy) is 2. The number of H-pyrrole nitrogens is 1. The van der Waals surface area contributed by atoms with Crippen molar-refractivity contribution in [1.82, 2.24) is 9.97 Å². The van der Waals surface area contributed by atoms with Gasteiger partial charge in [-0.2, -0.15) is 0 Å². The van der Waals surface area contributed by atoms with E-state index in [4.69, 9.17) is 9.47 Å². The molecule has 0 amide bonds. The molecule has 0 saturated carbocycles. The largest absolute Gasteiger partial charge is 0.469 e. The van der Waals surface area contributed by atoms with Crippen molar-refractivity contribution in [3.63, 3.8) is 0 Å². The Balaban J connectivity index is 2.21. The molecule has 29 heavy (non-hydrogen) atoms. The van der Waals surface area contributed by atoms with Gasteiger partial charge in [-0.15, -0.1) is 0 Å². The Morgan fingerprint density at radius 3 is 2.59 bits per heavy atom. The van der Waals surface area contributed by atoms with Crippen molar-refractivity contribution in [2.24, 2.45) is 5.41 Å². The van der Waals surface area contributed by atoms with E-state index in [0.29, 0.717) is 18.0 Å². The Labute approximate surface area is 174 Å². The lowest BCUT2D eigenvalue weighted by Gasteiger charge is -2.29. The molecule has 2 aromatic rings. The molecule has 2 rings (SSSR count). The molecule has 0 bridgehead atoms. The van der Waals surface area contributed by atoms with E-state index in [1.54, 1.807) is 6.92 Å². The monoisotopic (exact) mass is 420 g/mol. The molecule has 0 fully saturated rings. The normalized spacial score (nSPS) is 13.1. The number of rotatable bonds is 12. The maximum atomic E-state index is 13.3. The van der Waals surface area contributed by atoms with E-state index < -0.39 is 17.4 Å². The Hall–Kier alpha value is -2.35. The number of imidazole rings is 1. The number of aromatic amines is 1. The van der Waals surface area contributed by atoms with Crippen molar-refractivity contribution in [2.75, 3.05) is 19.5 Å². The van der Waals surface area contributed by atoms with Gasteiger partial charge in [0.25, 0.3) is 0 Å². The lowest BCUT2D eigenvalue weighted by molar-refractivity contribution is -0.161. The molecule has 0 spiro atoms. The predicted molar refractivity (Wildman–Crippen MR) is 112 cm³/mol. The van der Waals surface area contributed by atoms with Crippen LogP contribution in [0.5, 0.6) is 0 Å². The van der Waals surface area contributed by atoms with Gasteiger partial charge in [-0.3, -0.25) is 14.4 Å². The Kier molecular flexibility index (Phi) is 8.70. The number of Topliss-reactive ketones (excluding diaryl/α,β-unsaturated/α-hetero) is 1. The van der Waals surface area contributed by atoms with Crippen LogP contribution in [0.4, 0.5) is 0 Å². The second-order valence-corrected chi connectivity index (χ2v) is 7.72. The number of ketones is 1. The van der Waals surface area contributed by atoms with Crippen LogP contribution in [0, 0.1) is 5.41 Å². The standard InChI is InChI=1S/C21H28N2O5S/c1-4-6-12-21(19(26)28-5-2,13-11-18(25)27-3)17(24)14-29-20-22-15-9-7-8-10-16(15)23-20/h7-10H,4-6,11-14H2,1-3H3,(H,22,23)/t21-/m1/s1. The average Bonchev–Trinajstić information content (AvgIpc) is 3.15. The molecule has 1 heterocycles. The Morgan fingerprint density at radius 1 is 1.17 bits per heavy atom. The first kappa shape index (κ1) is 22.9. The number of para-hydroxylation sites is 2. The summed E-state index contributed by atoms with van der Waals surface area (Å²) in [5.74, 6) is -1.21. The number of unbranched alkanes of at least 4 members (excludes halogenated alkanes) is 1. The summed E-state index contributed by atoms with van der Waals surface area (Å²) in [4.78, 5) is 45.4. The molecule has 1 aromatic heterocycles. The quantitative estimate of drug-likeness (QED) is 0.316. The number of aromatic nitrogens is 2. The molecular weight excluding hydrogens is 392 g/mol. The molecule has 1 atom stereocenters. The fraction of sp³-hybridized carbons (Fsp3) is 0.524. The highest BCUT2D eigenvalue weighted by molar-refractivity contribution is 7.99. The zero-order valence-corrected chi connectivity index (χ0v) is 18.0. The van der Waals surface area contributed by atoms with Crippen LogP contribution in [0.15, 0.2) is 29.4 Å². The zero-order chi connectivity index (χ0) is 21.3. The summed E-state index contributed by atoms with van der Waals surface area (Å²) in [7, 11) is 1.29. The topological polar surface area (TPSA) is 98.4 Å². The van der Waals surface area contributed by atoms with Crippen LogP contribution in [0.3, 0.4) is 0 Å². The fourth-order valence-electron chi connectivity index (χ4n) is 3.16. The summed E-state index contributed by atoms with van der Waals surface area (Å²) in [5, 5.41) is 0.612. The van der Waals surface area contributed by atoms with Crippen molar-refractivity contribution in [3.05, 3.63) is 24.3 Å². The number of esters is 2. The van der Waals surface area contributed by atoms with Gasteiger partial charge in [0.05, 0.1) is 30.5 Å². The molecule has 0 aliphatic carbocycles. The van der Waals surface area contributed by atoms with Crippen LogP contribution in [0.1, 0.15) is 46.0 Å². The Bertz CT molecular complexity index is 817. The van der Waals surface area contributed by atoms with E-state index in [2.05, 4.69) is 9.97 Å². The number of nitrogens with one attached hydrogen (secondary N) is 1. The molecule has 0 saturated heterocycles. The first-order valence-electron chi connectivity index (χ1n) is 9.81. The van der Waals surface area contributed by atoms with Crippen LogP contribution in [-0.2, 0) is 23.9 Å². The molecule has 0 aliphatic heterocycles. The van der Waals surface area contributed by atoms with Crippen molar-refractivity contribution >= 4 is 40.5 Å². The molecule has 158 valence electrons. The maximum Gasteiger partial charge on any atom is 0.319 e. The lowest BCUT2D eigenvalue weighted by atomic mass is 9.75. The second-order valence-electron chi connectivity index (χ2n) is 6.75. The van der Waals surface area contributed by atoms with E-state index in [0.717, 1.165) is 17.5 Å². The van der Waals surface area contributed by atoms with Gasteiger partial charge in [-0.25, -0.2) is 4.98 Å². The minimum Gasteiger partial charge on any atom is -0.469 e. The first-order chi connectivity index (χ1) is 14.0. The summed E-state index contributed by atoms with van der Waals surface area (Å²) in [6.45, 7) is 3.87. The van der Waals surface area contributed by atoms with Crippen molar-refractivity contribution in [3.8, 4) is 0 Å². The number of methoxy groups -OCH3 is 1. The maximum absolute atomic E-state index is 13.3. The molecule has 0 unspecified atom stereocenters. The highest BCUT2D eigenvalue weighted by atomic mass is 32.2. The third-order valence-corrected chi connectivity index (χ3v) is 5.72. The highest BCUT2D eigenvalue weighted by Crippen LogP contribution is 2.36. The van der Waals surface area contributed by atoms with Crippen LogP contribution in [0.2, 0.25) is 0 Å². The SMILES string of the molecule is CCCC[C@@](CCC(=O)OC)(C(=O)CSc1nc2ccccc2[nH]1)C(=O)OCC. The Morgan fingerprint density at radius 2 is 1.93 bits per heavy atom. The lowest BCUT2D eigenvalue weighted by Crippen LogP contribution is -2.42. The average molecular weight is 421 g/mol. The van der Waals surface area contributed by atoms with Crippen LogP contribution < -0.4 is 0 Å².